The molecule has 1 heterocycles. The van der Waals surface area contributed by atoms with Crippen LogP contribution < -0.4 is 11.1 Å². The number of rotatable bonds is 1. The second-order valence-corrected chi connectivity index (χ2v) is 2.19. The summed E-state index contributed by atoms with van der Waals surface area (Å²) < 4.78 is 0. The topological polar surface area (TPSA) is 65.8 Å². The molecule has 0 saturated carbocycles. The van der Waals surface area contributed by atoms with E-state index in [1.54, 1.807) is 11.6 Å². The smallest absolute Gasteiger partial charge is 0.282 e. The Morgan fingerprint density at radius 2 is 2.67 bits per heavy atom. The van der Waals surface area contributed by atoms with E-state index in [-0.39, 0.29) is 0 Å². The van der Waals surface area contributed by atoms with Gasteiger partial charge in [-0.25, -0.2) is 15.5 Å². The first kappa shape index (κ1) is 6.03. The number of urea groups is 1. The minimum atomic E-state index is -0.829. The largest absolute Gasteiger partial charge is 0.339 e. The van der Waals surface area contributed by atoms with Crippen LogP contribution in [0.25, 0.3) is 0 Å². The molecule has 0 aliphatic carbocycles. The van der Waals surface area contributed by atoms with Crippen molar-refractivity contribution in [2.45, 2.75) is 0 Å². The number of nitrogens with one attached hydrogen (secondary N) is 2. The zero-order valence-electron chi connectivity index (χ0n) is 4.42. The molecule has 1 aromatic heterocycles. The summed E-state index contributed by atoms with van der Waals surface area (Å²) in [5.74, 6) is 0. The Kier molecular flexibility index (Phi) is 1.64. The summed E-state index contributed by atoms with van der Waals surface area (Å²) in [5.41, 5.74) is 6.47. The fourth-order valence-corrected chi connectivity index (χ4v) is 0.906. The highest BCUT2D eigenvalue weighted by Gasteiger charge is 1.95. The molecule has 1 rings (SSSR count). The van der Waals surface area contributed by atoms with Crippen LogP contribution in [-0.4, -0.2) is 11.0 Å². The van der Waals surface area contributed by atoms with Crippen molar-refractivity contribution < 1.29 is 4.79 Å². The molecule has 5 heteroatoms. The molecule has 0 bridgehead atoms. The molecule has 47 valence electrons. The summed E-state index contributed by atoms with van der Waals surface area (Å²) in [6.07, 6.45) is 1.57. The predicted octanol–water partition coefficient (Wildman–Crippen LogP) is 0.958. The van der Waals surface area contributed by atoms with Crippen LogP contribution in [-0.2, 0) is 0 Å². The fraction of sp³-hybridized carbons (Fsp3) is 0. The Bertz CT molecular complexity index is 196. The van der Waals surface area contributed by atoms with Crippen molar-refractivity contribution in [3.05, 3.63) is 11.6 Å². The van der Waals surface area contributed by atoms with Gasteiger partial charge in [-0.15, -0.1) is 11.3 Å². The molecule has 0 atom stereocenters. The molecule has 4 nitrogen and oxygen atoms in total. The third kappa shape index (κ3) is 1.69. The molecular weight excluding hydrogens is 138 g/mol. The van der Waals surface area contributed by atoms with Gasteiger partial charge in [0.2, 0.25) is 0 Å². The van der Waals surface area contributed by atoms with Gasteiger partial charge in [0.1, 0.15) is 0 Å². The van der Waals surface area contributed by atoms with Crippen molar-refractivity contribution in [2.75, 3.05) is 5.32 Å². The van der Waals surface area contributed by atoms with Crippen molar-refractivity contribution >= 4 is 22.5 Å². The molecule has 0 aromatic carbocycles. The van der Waals surface area contributed by atoms with Gasteiger partial charge in [-0.05, 0) is 0 Å². The lowest BCUT2D eigenvalue weighted by atomic mass is 10.9. The molecule has 0 spiro atoms. The first-order valence-electron chi connectivity index (χ1n) is 2.21. The highest BCUT2D eigenvalue weighted by atomic mass is 32.1. The SMILES string of the molecule is [NH]C(=O)Nc1nccs1. The summed E-state index contributed by atoms with van der Waals surface area (Å²) in [7, 11) is 0. The third-order valence-corrected chi connectivity index (χ3v) is 1.34. The van der Waals surface area contributed by atoms with E-state index in [4.69, 9.17) is 5.73 Å². The zero-order valence-corrected chi connectivity index (χ0v) is 5.23. The number of carbonyl (C=O) groups excluding carboxylic acids is 1. The average Bonchev–Trinajstić information content (AvgIpc) is 2.15. The lowest BCUT2D eigenvalue weighted by Crippen LogP contribution is -2.08. The predicted molar refractivity (Wildman–Crippen MR) is 34.2 cm³/mol. The fourth-order valence-electron chi connectivity index (χ4n) is 0.382. The molecule has 0 unspecified atom stereocenters. The van der Waals surface area contributed by atoms with Crippen molar-refractivity contribution in [1.29, 1.82) is 0 Å². The molecule has 0 aliphatic heterocycles. The van der Waals surface area contributed by atoms with Gasteiger partial charge in [0.15, 0.2) is 5.13 Å². The average molecular weight is 142 g/mol. The number of carbonyl (C=O) groups is 1. The highest BCUT2D eigenvalue weighted by molar-refractivity contribution is 7.13. The normalized spacial score (nSPS) is 8.89. The second kappa shape index (κ2) is 2.45. The summed E-state index contributed by atoms with van der Waals surface area (Å²) >= 11 is 1.29. The quantitative estimate of drug-likeness (QED) is 0.634. The van der Waals surface area contributed by atoms with E-state index in [1.165, 1.54) is 11.3 Å². The molecule has 0 aliphatic rings. The minimum Gasteiger partial charge on any atom is -0.282 e. The number of anilines is 1. The molecule has 9 heavy (non-hydrogen) atoms. The van der Waals surface area contributed by atoms with Gasteiger partial charge in [-0.2, -0.15) is 0 Å². The number of amides is 2. The first-order valence-corrected chi connectivity index (χ1v) is 3.09. The monoisotopic (exact) mass is 142 g/mol. The van der Waals surface area contributed by atoms with Gasteiger partial charge < -0.3 is 0 Å². The summed E-state index contributed by atoms with van der Waals surface area (Å²) in [4.78, 5) is 13.8. The summed E-state index contributed by atoms with van der Waals surface area (Å²) in [6.45, 7) is 0. The van der Waals surface area contributed by atoms with Crippen molar-refractivity contribution in [1.82, 2.24) is 10.7 Å². The van der Waals surface area contributed by atoms with Gasteiger partial charge >= 0.3 is 6.03 Å². The number of nitrogens with zero attached hydrogens (tertiary/aromatic N) is 1. The van der Waals surface area contributed by atoms with Crippen LogP contribution in [0.4, 0.5) is 9.93 Å². The van der Waals surface area contributed by atoms with Crippen LogP contribution in [0, 0.1) is 0 Å². The highest BCUT2D eigenvalue weighted by Crippen LogP contribution is 2.08. The maximum Gasteiger partial charge on any atom is 0.339 e. The van der Waals surface area contributed by atoms with Crippen molar-refractivity contribution in [2.24, 2.45) is 0 Å². The van der Waals surface area contributed by atoms with Crippen LogP contribution in [0.15, 0.2) is 11.6 Å². The Morgan fingerprint density at radius 3 is 3.11 bits per heavy atom. The Balaban J connectivity index is 2.58. The molecule has 0 fully saturated rings. The summed E-state index contributed by atoms with van der Waals surface area (Å²) in [5, 5.41) is 4.41. The number of hydrogen-bond donors (Lipinski definition) is 1. The Morgan fingerprint density at radius 1 is 1.89 bits per heavy atom. The van der Waals surface area contributed by atoms with Gasteiger partial charge in [0.05, 0.1) is 0 Å². The third-order valence-electron chi connectivity index (χ3n) is 0.653. The molecule has 2 N–H and O–H groups in total. The van der Waals surface area contributed by atoms with Gasteiger partial charge in [0, 0.05) is 11.6 Å². The van der Waals surface area contributed by atoms with Gasteiger partial charge in [-0.1, -0.05) is 0 Å². The lowest BCUT2D eigenvalue weighted by Gasteiger charge is -1.89. The van der Waals surface area contributed by atoms with Gasteiger partial charge in [-0.3, -0.25) is 5.32 Å². The van der Waals surface area contributed by atoms with Crippen LogP contribution in [0.1, 0.15) is 0 Å². The van der Waals surface area contributed by atoms with Crippen LogP contribution in [0.2, 0.25) is 0 Å². The first-order chi connectivity index (χ1) is 4.29. The zero-order chi connectivity index (χ0) is 6.69. The van der Waals surface area contributed by atoms with Crippen LogP contribution >= 0.6 is 11.3 Å². The molecular formula is C4H4N3OS. The van der Waals surface area contributed by atoms with Crippen LogP contribution in [0.5, 0.6) is 0 Å². The van der Waals surface area contributed by atoms with Crippen LogP contribution in [0.3, 0.4) is 0 Å². The van der Waals surface area contributed by atoms with E-state index in [0.29, 0.717) is 5.13 Å². The molecule has 2 amide bonds. The van der Waals surface area contributed by atoms with Gasteiger partial charge in [0.25, 0.3) is 0 Å². The number of hydrogen-bond acceptors (Lipinski definition) is 3. The van der Waals surface area contributed by atoms with Crippen molar-refractivity contribution in [3.63, 3.8) is 0 Å². The Hall–Kier alpha value is -1.10. The number of thiazole rings is 1. The van der Waals surface area contributed by atoms with E-state index >= 15 is 0 Å². The standard InChI is InChI=1S/C4H4N3OS/c5-3(8)7-4-6-1-2-9-4/h1-2,5H,(H,6,7,8). The van der Waals surface area contributed by atoms with E-state index in [1.807, 2.05) is 0 Å². The molecule has 1 radical (unpaired) electrons. The molecule has 0 saturated heterocycles. The van der Waals surface area contributed by atoms with E-state index in [9.17, 15) is 4.79 Å². The van der Waals surface area contributed by atoms with E-state index < -0.39 is 6.03 Å². The van der Waals surface area contributed by atoms with E-state index in [0.717, 1.165) is 0 Å². The minimum absolute atomic E-state index is 0.468. The number of aromatic nitrogens is 1. The maximum absolute atomic E-state index is 10.0. The summed E-state index contributed by atoms with van der Waals surface area (Å²) in [6, 6.07) is -0.829. The lowest BCUT2D eigenvalue weighted by molar-refractivity contribution is 0.258. The Labute approximate surface area is 55.7 Å². The maximum atomic E-state index is 10.0. The van der Waals surface area contributed by atoms with E-state index in [2.05, 4.69) is 10.3 Å². The second-order valence-electron chi connectivity index (χ2n) is 1.29. The van der Waals surface area contributed by atoms with Crippen molar-refractivity contribution in [3.8, 4) is 0 Å². The molecule has 1 aromatic rings.